The van der Waals surface area contributed by atoms with Crippen LogP contribution in [0.3, 0.4) is 0 Å². The van der Waals surface area contributed by atoms with Gasteiger partial charge in [0.05, 0.1) is 18.9 Å². The summed E-state index contributed by atoms with van der Waals surface area (Å²) in [5.74, 6) is -2.31. The number of Topliss-reactive ketones (excluding diaryl/α,β-unsaturated/α-hetero) is 1. The third-order valence-corrected chi connectivity index (χ3v) is 7.33. The molecule has 3 amide bonds. The second-order valence-corrected chi connectivity index (χ2v) is 9.35. The van der Waals surface area contributed by atoms with Crippen molar-refractivity contribution in [2.24, 2.45) is 23.7 Å². The van der Waals surface area contributed by atoms with Crippen LogP contribution in [-0.2, 0) is 9.59 Å². The van der Waals surface area contributed by atoms with Crippen molar-refractivity contribution in [1.29, 1.82) is 0 Å². The van der Waals surface area contributed by atoms with Crippen molar-refractivity contribution in [1.82, 2.24) is 10.0 Å². The van der Waals surface area contributed by atoms with Gasteiger partial charge in [-0.1, -0.05) is 23.8 Å². The van der Waals surface area contributed by atoms with Gasteiger partial charge >= 0.3 is 0 Å². The Hall–Kier alpha value is -3.45. The fraction of sp³-hybridized carbons (Fsp3) is 0.308. The minimum absolute atomic E-state index is 0.0171. The van der Waals surface area contributed by atoms with E-state index in [2.05, 4.69) is 0 Å². The van der Waals surface area contributed by atoms with E-state index in [1.54, 1.807) is 36.4 Å². The van der Waals surface area contributed by atoms with Crippen LogP contribution in [0.25, 0.3) is 0 Å². The number of fused-ring (bicyclic) bond motifs is 5. The lowest BCUT2D eigenvalue weighted by atomic mass is 9.85. The number of carbonyl (C=O) groups excluding carboxylic acids is 4. The summed E-state index contributed by atoms with van der Waals surface area (Å²) in [7, 11) is 1.52. The first kappa shape index (κ1) is 22.3. The van der Waals surface area contributed by atoms with E-state index >= 15 is 0 Å². The van der Waals surface area contributed by atoms with Crippen molar-refractivity contribution >= 4 is 35.1 Å². The summed E-state index contributed by atoms with van der Waals surface area (Å²) in [6.07, 6.45) is 4.74. The number of halogens is 1. The number of hydrogen-bond acceptors (Lipinski definition) is 5. The Kier molecular flexibility index (Phi) is 5.52. The molecular weight excluding hydrogens is 456 g/mol. The van der Waals surface area contributed by atoms with Gasteiger partial charge in [0.2, 0.25) is 0 Å². The molecule has 5 atom stereocenters. The lowest BCUT2D eigenvalue weighted by molar-refractivity contribution is -0.157. The maximum atomic E-state index is 13.7. The number of methoxy groups -OCH3 is 1. The molecule has 0 radical (unpaired) electrons. The Morgan fingerprint density at radius 1 is 0.941 bits per heavy atom. The Balaban J connectivity index is 1.53. The van der Waals surface area contributed by atoms with Crippen molar-refractivity contribution in [3.63, 3.8) is 0 Å². The van der Waals surface area contributed by atoms with Crippen molar-refractivity contribution in [2.75, 3.05) is 7.11 Å². The van der Waals surface area contributed by atoms with Gasteiger partial charge in [-0.2, -0.15) is 5.01 Å². The van der Waals surface area contributed by atoms with Crippen LogP contribution >= 0.6 is 11.6 Å². The molecule has 1 saturated carbocycles. The minimum Gasteiger partial charge on any atom is -0.497 e. The zero-order chi connectivity index (χ0) is 24.1. The molecule has 0 aromatic heterocycles. The molecule has 0 spiro atoms. The molecule has 3 aliphatic rings. The zero-order valence-electron chi connectivity index (χ0n) is 18.7. The number of nitrogens with zero attached hydrogens (tertiary/aromatic N) is 2. The molecule has 7 nitrogen and oxygen atoms in total. The summed E-state index contributed by atoms with van der Waals surface area (Å²) >= 11 is 5.98. The summed E-state index contributed by atoms with van der Waals surface area (Å²) in [5.41, 5.74) is 0.556. The predicted octanol–water partition coefficient (Wildman–Crippen LogP) is 3.78. The number of carbonyl (C=O) groups is 4. The number of ketones is 1. The molecule has 1 aliphatic heterocycles. The fourth-order valence-electron chi connectivity index (χ4n) is 5.37. The van der Waals surface area contributed by atoms with Crippen LogP contribution < -0.4 is 4.74 Å². The summed E-state index contributed by atoms with van der Waals surface area (Å²) in [6, 6.07) is 11.5. The van der Waals surface area contributed by atoms with Crippen molar-refractivity contribution in [3.05, 3.63) is 76.8 Å². The number of imide groups is 1. The molecule has 0 N–H and O–H groups in total. The quantitative estimate of drug-likeness (QED) is 0.358. The molecule has 2 bridgehead atoms. The Morgan fingerprint density at radius 2 is 1.47 bits per heavy atom. The topological polar surface area (TPSA) is 84.0 Å². The van der Waals surface area contributed by atoms with E-state index in [9.17, 15) is 19.2 Å². The van der Waals surface area contributed by atoms with Crippen LogP contribution in [0.15, 0.2) is 60.7 Å². The number of amides is 3. The lowest BCUT2D eigenvalue weighted by Crippen LogP contribution is -2.56. The molecule has 0 unspecified atom stereocenters. The third-order valence-electron chi connectivity index (χ3n) is 7.08. The average molecular weight is 479 g/mol. The van der Waals surface area contributed by atoms with Crippen molar-refractivity contribution in [3.8, 4) is 5.75 Å². The second-order valence-electron chi connectivity index (χ2n) is 8.91. The Bertz CT molecular complexity index is 1180. The number of hydrazine groups is 1. The van der Waals surface area contributed by atoms with Gasteiger partial charge in [-0.3, -0.25) is 19.2 Å². The molecule has 2 aromatic carbocycles. The first-order valence-corrected chi connectivity index (χ1v) is 11.5. The maximum Gasteiger partial charge on any atom is 0.273 e. The Morgan fingerprint density at radius 3 is 2.00 bits per heavy atom. The molecule has 8 heteroatoms. The van der Waals surface area contributed by atoms with Crippen LogP contribution in [0.5, 0.6) is 5.75 Å². The van der Waals surface area contributed by atoms with Crippen molar-refractivity contribution in [2.45, 2.75) is 19.4 Å². The average Bonchev–Trinajstić information content (AvgIpc) is 3.54. The Labute approximate surface area is 201 Å². The number of benzene rings is 2. The highest BCUT2D eigenvalue weighted by atomic mass is 35.5. The van der Waals surface area contributed by atoms with Crippen LogP contribution in [0.2, 0.25) is 5.02 Å². The maximum absolute atomic E-state index is 13.7. The van der Waals surface area contributed by atoms with E-state index < -0.39 is 41.4 Å². The summed E-state index contributed by atoms with van der Waals surface area (Å²) < 4.78 is 5.15. The number of hydrogen-bond donors (Lipinski definition) is 0. The number of allylic oxidation sites excluding steroid dienone is 2. The van der Waals surface area contributed by atoms with Gasteiger partial charge in [0.15, 0.2) is 5.78 Å². The summed E-state index contributed by atoms with van der Waals surface area (Å²) in [6.45, 7) is 1.53. The molecule has 1 heterocycles. The normalized spacial score (nSPS) is 25.4. The first-order valence-electron chi connectivity index (χ1n) is 11.1. The fourth-order valence-corrected chi connectivity index (χ4v) is 5.50. The van der Waals surface area contributed by atoms with E-state index in [0.29, 0.717) is 16.3 Å². The smallest absolute Gasteiger partial charge is 0.273 e. The largest absolute Gasteiger partial charge is 0.497 e. The lowest BCUT2D eigenvalue weighted by Gasteiger charge is -2.35. The van der Waals surface area contributed by atoms with Crippen LogP contribution in [0.4, 0.5) is 0 Å². The third kappa shape index (κ3) is 3.42. The van der Waals surface area contributed by atoms with Crippen molar-refractivity contribution < 1.29 is 23.9 Å². The molecule has 5 rings (SSSR count). The monoisotopic (exact) mass is 478 g/mol. The van der Waals surface area contributed by atoms with Gasteiger partial charge in [-0.15, -0.1) is 0 Å². The summed E-state index contributed by atoms with van der Waals surface area (Å²) in [4.78, 5) is 54.1. The highest BCUT2D eigenvalue weighted by Crippen LogP contribution is 2.53. The summed E-state index contributed by atoms with van der Waals surface area (Å²) in [5, 5.41) is 2.39. The molecule has 2 aliphatic carbocycles. The van der Waals surface area contributed by atoms with Crippen LogP contribution in [-0.4, -0.2) is 46.7 Å². The van der Waals surface area contributed by atoms with Gasteiger partial charge in [0, 0.05) is 16.1 Å². The molecule has 2 aromatic rings. The van der Waals surface area contributed by atoms with Crippen LogP contribution in [0.1, 0.15) is 34.1 Å². The first-order chi connectivity index (χ1) is 16.3. The van der Waals surface area contributed by atoms with E-state index in [1.165, 1.54) is 26.2 Å². The SMILES string of the molecule is COc1ccc(C(=O)[C@@H](C)N(C(=O)c2ccc(Cl)cc2)N2C(=O)[C@@H]3[C@H](C2=O)[C@H]2C=C[C@H]3C2)cc1. The molecule has 1 saturated heterocycles. The predicted molar refractivity (Wildman–Crippen MR) is 124 cm³/mol. The van der Waals surface area contributed by atoms with Crippen LogP contribution in [0, 0.1) is 23.7 Å². The molecule has 174 valence electrons. The van der Waals surface area contributed by atoms with Gasteiger partial charge in [-0.05, 0) is 73.7 Å². The molecular formula is C26H23ClN2O5. The molecule has 34 heavy (non-hydrogen) atoms. The highest BCUT2D eigenvalue weighted by molar-refractivity contribution is 6.30. The molecule has 2 fully saturated rings. The number of rotatable bonds is 6. The minimum atomic E-state index is -1.10. The second kappa shape index (κ2) is 8.40. The van der Waals surface area contributed by atoms with E-state index in [0.717, 1.165) is 16.4 Å². The van der Waals surface area contributed by atoms with E-state index in [4.69, 9.17) is 16.3 Å². The van der Waals surface area contributed by atoms with Gasteiger partial charge in [0.1, 0.15) is 11.8 Å². The standard InChI is InChI=1S/C26H23ClN2O5/c1-14(23(30)15-7-11-20(34-2)12-8-15)28(24(31)16-5-9-19(27)10-6-16)29-25(32)21-17-3-4-18(13-17)22(21)26(29)33/h3-12,14,17-18,21-22H,13H2,1-2H3/t14-,17+,18+,21-,22+/m1/s1. The van der Waals surface area contributed by atoms with E-state index in [1.807, 2.05) is 12.2 Å². The highest BCUT2D eigenvalue weighted by Gasteiger charge is 2.61. The van der Waals surface area contributed by atoms with Gasteiger partial charge in [0.25, 0.3) is 17.7 Å². The van der Waals surface area contributed by atoms with E-state index in [-0.39, 0.29) is 17.4 Å². The van der Waals surface area contributed by atoms with Gasteiger partial charge in [-0.25, -0.2) is 5.01 Å². The zero-order valence-corrected chi connectivity index (χ0v) is 19.4. The van der Waals surface area contributed by atoms with Gasteiger partial charge < -0.3 is 4.74 Å². The number of ether oxygens (including phenoxy) is 1.